The fraction of sp³-hybridized carbons (Fsp3) is 0.529. The molecule has 0 aromatic heterocycles. The number of likely N-dealkylation sites (tertiary alicyclic amines) is 1. The van der Waals surface area contributed by atoms with Gasteiger partial charge in [0.25, 0.3) is 5.91 Å². The minimum atomic E-state index is -0.808. The minimum Gasteiger partial charge on any atom is -0.484 e. The lowest BCUT2D eigenvalue weighted by Gasteiger charge is -2.37. The molecule has 1 aromatic carbocycles. The molecule has 1 aromatic rings. The Bertz CT molecular complexity index is 573. The quantitative estimate of drug-likeness (QED) is 0.762. The minimum absolute atomic E-state index is 0.0216. The summed E-state index contributed by atoms with van der Waals surface area (Å²) in [5, 5.41) is 8.96. The maximum absolute atomic E-state index is 12.3. The van der Waals surface area contributed by atoms with Gasteiger partial charge in [-0.05, 0) is 37.6 Å². The number of amides is 1. The number of piperidine rings is 1. The number of carboxylic acids is 1. The van der Waals surface area contributed by atoms with Gasteiger partial charge >= 0.3 is 5.97 Å². The summed E-state index contributed by atoms with van der Waals surface area (Å²) in [5.41, 5.74) is 0. The zero-order valence-electron chi connectivity index (χ0n) is 13.8. The van der Waals surface area contributed by atoms with Crippen molar-refractivity contribution < 1.29 is 19.4 Å². The van der Waals surface area contributed by atoms with Gasteiger partial charge in [0.2, 0.25) is 0 Å². The normalized spacial score (nSPS) is 15.5. The monoisotopic (exact) mass is 398 g/mol. The number of likely N-dealkylation sites (N-methyl/N-ethyl adjacent to an activating group) is 1. The van der Waals surface area contributed by atoms with Crippen molar-refractivity contribution in [3.05, 3.63) is 28.7 Å². The van der Waals surface area contributed by atoms with Crippen molar-refractivity contribution in [3.63, 3.8) is 0 Å². The van der Waals surface area contributed by atoms with Gasteiger partial charge in [0.05, 0.1) is 6.54 Å². The Balaban J connectivity index is 1.78. The maximum Gasteiger partial charge on any atom is 0.317 e. The Hall–Kier alpha value is -1.60. The highest BCUT2D eigenvalue weighted by Gasteiger charge is 2.27. The average molecular weight is 399 g/mol. The molecule has 1 heterocycles. The lowest BCUT2D eigenvalue weighted by molar-refractivity contribution is -0.140. The van der Waals surface area contributed by atoms with Crippen molar-refractivity contribution in [1.29, 1.82) is 0 Å². The van der Waals surface area contributed by atoms with Crippen LogP contribution < -0.4 is 4.74 Å². The second-order valence-corrected chi connectivity index (χ2v) is 6.73. The lowest BCUT2D eigenvalue weighted by atomic mass is 10.0. The third kappa shape index (κ3) is 5.49. The summed E-state index contributed by atoms with van der Waals surface area (Å²) in [6.45, 7) is 4.03. The van der Waals surface area contributed by atoms with Gasteiger partial charge in [-0.2, -0.15) is 0 Å². The molecule has 0 bridgehead atoms. The van der Waals surface area contributed by atoms with Crippen LogP contribution in [0.5, 0.6) is 5.75 Å². The molecule has 6 nitrogen and oxygen atoms in total. The van der Waals surface area contributed by atoms with Crippen LogP contribution in [0.3, 0.4) is 0 Å². The molecular formula is C17H23BrN2O4. The van der Waals surface area contributed by atoms with Crippen LogP contribution in [0.25, 0.3) is 0 Å². The molecule has 1 N–H and O–H groups in total. The van der Waals surface area contributed by atoms with E-state index in [4.69, 9.17) is 9.84 Å². The number of nitrogens with zero attached hydrogens (tertiary/aromatic N) is 2. The predicted octanol–water partition coefficient (Wildman–Crippen LogP) is 2.23. The first-order valence-corrected chi connectivity index (χ1v) is 8.91. The second kappa shape index (κ2) is 9.03. The number of benzene rings is 1. The molecule has 1 amide bonds. The predicted molar refractivity (Wildman–Crippen MR) is 94.1 cm³/mol. The Morgan fingerprint density at radius 2 is 2.08 bits per heavy atom. The van der Waals surface area contributed by atoms with E-state index in [9.17, 15) is 9.59 Å². The molecular weight excluding hydrogens is 376 g/mol. The van der Waals surface area contributed by atoms with E-state index in [1.807, 2.05) is 36.1 Å². The van der Waals surface area contributed by atoms with Crippen molar-refractivity contribution in [2.24, 2.45) is 0 Å². The molecule has 0 radical (unpaired) electrons. The van der Waals surface area contributed by atoms with Crippen LogP contribution in [-0.2, 0) is 9.59 Å². The third-order valence-corrected chi connectivity index (χ3v) is 4.73. The van der Waals surface area contributed by atoms with Gasteiger partial charge in [-0.25, -0.2) is 0 Å². The fourth-order valence-corrected chi connectivity index (χ4v) is 3.32. The van der Waals surface area contributed by atoms with Gasteiger partial charge in [-0.1, -0.05) is 28.9 Å². The summed E-state index contributed by atoms with van der Waals surface area (Å²) in [6.07, 6.45) is 1.59. The number of ether oxygens (including phenoxy) is 1. The zero-order valence-corrected chi connectivity index (χ0v) is 15.4. The zero-order chi connectivity index (χ0) is 17.5. The molecule has 0 unspecified atom stereocenters. The van der Waals surface area contributed by atoms with Crippen LogP contribution in [0.1, 0.15) is 19.8 Å². The number of carbonyl (C=O) groups is 2. The lowest BCUT2D eigenvalue weighted by Crippen LogP contribution is -2.49. The number of carboxylic acid groups (broad SMARTS) is 1. The summed E-state index contributed by atoms with van der Waals surface area (Å²) < 4.78 is 6.45. The number of rotatable bonds is 7. The van der Waals surface area contributed by atoms with E-state index in [1.54, 1.807) is 4.90 Å². The molecule has 1 aliphatic rings. The van der Waals surface area contributed by atoms with Gasteiger partial charge in [-0.15, -0.1) is 0 Å². The molecule has 0 saturated carbocycles. The van der Waals surface area contributed by atoms with Gasteiger partial charge in [0.15, 0.2) is 6.61 Å². The first kappa shape index (κ1) is 18.7. The van der Waals surface area contributed by atoms with E-state index in [1.165, 1.54) is 0 Å². The molecule has 132 valence electrons. The highest BCUT2D eigenvalue weighted by Crippen LogP contribution is 2.19. The first-order chi connectivity index (χ1) is 11.5. The summed E-state index contributed by atoms with van der Waals surface area (Å²) in [5.74, 6) is -0.182. The van der Waals surface area contributed by atoms with Crippen LogP contribution in [0.15, 0.2) is 28.7 Å². The van der Waals surface area contributed by atoms with Gasteiger partial charge in [-0.3, -0.25) is 14.5 Å². The van der Waals surface area contributed by atoms with Crippen molar-refractivity contribution >= 4 is 27.8 Å². The van der Waals surface area contributed by atoms with E-state index < -0.39 is 5.97 Å². The molecule has 0 spiro atoms. The van der Waals surface area contributed by atoms with E-state index >= 15 is 0 Å². The summed E-state index contributed by atoms with van der Waals surface area (Å²) >= 11 is 3.37. The van der Waals surface area contributed by atoms with Gasteiger partial charge in [0.1, 0.15) is 5.75 Å². The maximum atomic E-state index is 12.3. The molecule has 7 heteroatoms. The van der Waals surface area contributed by atoms with E-state index in [0.717, 1.165) is 17.3 Å². The SMILES string of the molecule is CCN(CC(=O)O)C1CCN(C(=O)COc2cccc(Br)c2)CC1. The number of aliphatic carboxylic acids is 1. The largest absolute Gasteiger partial charge is 0.484 e. The molecule has 2 rings (SSSR count). The van der Waals surface area contributed by atoms with Crippen molar-refractivity contribution in [3.8, 4) is 5.75 Å². The van der Waals surface area contributed by atoms with Crippen LogP contribution >= 0.6 is 15.9 Å². The van der Waals surface area contributed by atoms with E-state index in [2.05, 4.69) is 15.9 Å². The molecule has 0 atom stereocenters. The molecule has 1 fully saturated rings. The molecule has 1 saturated heterocycles. The standard InChI is InChI=1S/C17H23BrN2O4/c1-2-19(11-17(22)23)14-6-8-20(9-7-14)16(21)12-24-15-5-3-4-13(18)10-15/h3-5,10,14H,2,6-9,11-12H2,1H3,(H,22,23). The summed E-state index contributed by atoms with van der Waals surface area (Å²) in [6, 6.07) is 7.62. The summed E-state index contributed by atoms with van der Waals surface area (Å²) in [7, 11) is 0. The van der Waals surface area contributed by atoms with Crippen LogP contribution in [0, 0.1) is 0 Å². The average Bonchev–Trinajstić information content (AvgIpc) is 2.57. The van der Waals surface area contributed by atoms with Crippen LogP contribution in [0.4, 0.5) is 0 Å². The van der Waals surface area contributed by atoms with Crippen LogP contribution in [0.2, 0.25) is 0 Å². The Morgan fingerprint density at radius 1 is 1.38 bits per heavy atom. The summed E-state index contributed by atoms with van der Waals surface area (Å²) in [4.78, 5) is 26.9. The first-order valence-electron chi connectivity index (χ1n) is 8.11. The number of hydrogen-bond donors (Lipinski definition) is 1. The van der Waals surface area contributed by atoms with Crippen molar-refractivity contribution in [2.75, 3.05) is 32.8 Å². The Labute approximate surface area is 150 Å². The highest BCUT2D eigenvalue weighted by atomic mass is 79.9. The third-order valence-electron chi connectivity index (χ3n) is 4.24. The highest BCUT2D eigenvalue weighted by molar-refractivity contribution is 9.10. The van der Waals surface area contributed by atoms with Crippen molar-refractivity contribution in [1.82, 2.24) is 9.80 Å². The number of carbonyl (C=O) groups excluding carboxylic acids is 1. The van der Waals surface area contributed by atoms with Crippen molar-refractivity contribution in [2.45, 2.75) is 25.8 Å². The van der Waals surface area contributed by atoms with Crippen LogP contribution in [-0.4, -0.2) is 65.6 Å². The second-order valence-electron chi connectivity index (χ2n) is 5.81. The van der Waals surface area contributed by atoms with E-state index in [0.29, 0.717) is 25.4 Å². The Morgan fingerprint density at radius 3 is 2.67 bits per heavy atom. The number of hydrogen-bond acceptors (Lipinski definition) is 4. The number of halogens is 1. The molecule has 24 heavy (non-hydrogen) atoms. The molecule has 0 aliphatic carbocycles. The fourth-order valence-electron chi connectivity index (χ4n) is 2.95. The van der Waals surface area contributed by atoms with Gasteiger partial charge in [0, 0.05) is 23.6 Å². The topological polar surface area (TPSA) is 70.1 Å². The smallest absolute Gasteiger partial charge is 0.317 e. The van der Waals surface area contributed by atoms with E-state index in [-0.39, 0.29) is 25.1 Å². The van der Waals surface area contributed by atoms with Gasteiger partial charge < -0.3 is 14.7 Å². The Kier molecular flexibility index (Phi) is 7.05. The molecule has 1 aliphatic heterocycles.